The van der Waals surface area contributed by atoms with E-state index in [9.17, 15) is 9.90 Å². The second-order valence-electron chi connectivity index (χ2n) is 2.97. The third kappa shape index (κ3) is 3.95. The van der Waals surface area contributed by atoms with E-state index >= 15 is 0 Å². The van der Waals surface area contributed by atoms with Crippen molar-refractivity contribution in [2.45, 2.75) is 13.0 Å². The number of hydrogen-bond donors (Lipinski definition) is 1. The minimum absolute atomic E-state index is 0.273. The van der Waals surface area contributed by atoms with Gasteiger partial charge in [-0.05, 0) is 18.6 Å². The number of carbonyl (C=O) groups is 1. The molecule has 0 unspecified atom stereocenters. The third-order valence-electron chi connectivity index (χ3n) is 1.80. The summed E-state index contributed by atoms with van der Waals surface area (Å²) in [7, 11) is 0. The zero-order valence-corrected chi connectivity index (χ0v) is 8.59. The van der Waals surface area contributed by atoms with Crippen LogP contribution in [0.2, 0.25) is 0 Å². The number of esters is 1. The lowest BCUT2D eigenvalue weighted by Crippen LogP contribution is -2.20. The molecule has 0 amide bonds. The number of aliphatic hydroxyl groups excluding tert-OH is 1. The highest BCUT2D eigenvalue weighted by Crippen LogP contribution is 2.02. The number of benzene rings is 1. The van der Waals surface area contributed by atoms with Crippen LogP contribution in [0.3, 0.4) is 0 Å². The molecule has 1 N–H and O–H groups in total. The van der Waals surface area contributed by atoms with Gasteiger partial charge in [-0.3, -0.25) is 0 Å². The fraction of sp³-hybridized carbons (Fsp3) is 0.250. The Morgan fingerprint density at radius 2 is 2.13 bits per heavy atom. The Labute approximate surface area is 89.0 Å². The topological polar surface area (TPSA) is 46.5 Å². The Bertz CT molecular complexity index is 330. The van der Waals surface area contributed by atoms with Crippen LogP contribution in [0.15, 0.2) is 36.4 Å². The maximum Gasteiger partial charge on any atom is 0.339 e. The standard InChI is InChI=1S/C12H14O3/c1-2-15-12(14)11(13)9-8-10-6-4-3-5-7-10/h3-9,11,13H,2H2,1H3/b9-8-/t11-/m1/s1. The van der Waals surface area contributed by atoms with Gasteiger partial charge in [0.1, 0.15) is 0 Å². The minimum atomic E-state index is -1.19. The highest BCUT2D eigenvalue weighted by molar-refractivity contribution is 5.77. The summed E-state index contributed by atoms with van der Waals surface area (Å²) in [6.45, 7) is 1.97. The van der Waals surface area contributed by atoms with E-state index < -0.39 is 12.1 Å². The molecule has 80 valence electrons. The van der Waals surface area contributed by atoms with Crippen molar-refractivity contribution < 1.29 is 14.6 Å². The SMILES string of the molecule is CCOC(=O)[C@H](O)/C=C\c1ccccc1. The first-order valence-electron chi connectivity index (χ1n) is 4.82. The van der Waals surface area contributed by atoms with Crippen LogP contribution in [0.25, 0.3) is 6.08 Å². The molecule has 0 saturated carbocycles. The Morgan fingerprint density at radius 1 is 1.47 bits per heavy atom. The lowest BCUT2D eigenvalue weighted by Gasteiger charge is -2.04. The first-order chi connectivity index (χ1) is 7.24. The van der Waals surface area contributed by atoms with Crippen molar-refractivity contribution in [2.75, 3.05) is 6.61 Å². The van der Waals surface area contributed by atoms with Crippen LogP contribution < -0.4 is 0 Å². The van der Waals surface area contributed by atoms with Gasteiger partial charge >= 0.3 is 5.97 Å². The second kappa shape index (κ2) is 5.98. The van der Waals surface area contributed by atoms with Gasteiger partial charge in [-0.25, -0.2) is 4.79 Å². The van der Waals surface area contributed by atoms with Crippen molar-refractivity contribution in [3.8, 4) is 0 Å². The van der Waals surface area contributed by atoms with E-state index in [1.54, 1.807) is 13.0 Å². The van der Waals surface area contributed by atoms with Gasteiger partial charge in [0, 0.05) is 0 Å². The molecule has 0 bridgehead atoms. The minimum Gasteiger partial charge on any atom is -0.464 e. The molecular weight excluding hydrogens is 192 g/mol. The van der Waals surface area contributed by atoms with Gasteiger partial charge in [-0.15, -0.1) is 0 Å². The normalized spacial score (nSPS) is 12.7. The number of carbonyl (C=O) groups excluding carboxylic acids is 1. The predicted octanol–water partition coefficient (Wildman–Crippen LogP) is 1.62. The largest absolute Gasteiger partial charge is 0.464 e. The summed E-state index contributed by atoms with van der Waals surface area (Å²) in [4.78, 5) is 11.0. The summed E-state index contributed by atoms with van der Waals surface area (Å²) >= 11 is 0. The average molecular weight is 206 g/mol. The molecule has 0 saturated heterocycles. The first-order valence-corrected chi connectivity index (χ1v) is 4.82. The molecule has 0 spiro atoms. The number of hydrogen-bond acceptors (Lipinski definition) is 3. The maximum absolute atomic E-state index is 11.0. The van der Waals surface area contributed by atoms with Crippen molar-refractivity contribution in [1.29, 1.82) is 0 Å². The average Bonchev–Trinajstić information content (AvgIpc) is 2.27. The molecule has 1 aromatic carbocycles. The summed E-state index contributed by atoms with van der Waals surface area (Å²) in [5, 5.41) is 9.35. The van der Waals surface area contributed by atoms with E-state index in [1.807, 2.05) is 30.3 Å². The summed E-state index contributed by atoms with van der Waals surface area (Å²) in [5.74, 6) is -0.621. The Morgan fingerprint density at radius 3 is 2.73 bits per heavy atom. The molecule has 0 fully saturated rings. The van der Waals surface area contributed by atoms with Gasteiger partial charge in [0.15, 0.2) is 6.10 Å². The predicted molar refractivity (Wildman–Crippen MR) is 58.1 cm³/mol. The van der Waals surface area contributed by atoms with E-state index in [0.717, 1.165) is 5.56 Å². The fourth-order valence-electron chi connectivity index (χ4n) is 1.07. The summed E-state index contributed by atoms with van der Waals surface area (Å²) < 4.78 is 4.65. The lowest BCUT2D eigenvalue weighted by molar-refractivity contribution is -0.150. The van der Waals surface area contributed by atoms with Crippen LogP contribution in [-0.4, -0.2) is 23.8 Å². The number of aliphatic hydroxyl groups is 1. The van der Waals surface area contributed by atoms with Crippen LogP contribution in [0, 0.1) is 0 Å². The molecule has 0 aliphatic rings. The monoisotopic (exact) mass is 206 g/mol. The Balaban J connectivity index is 2.54. The molecule has 1 atom stereocenters. The van der Waals surface area contributed by atoms with Crippen molar-refractivity contribution in [3.63, 3.8) is 0 Å². The quantitative estimate of drug-likeness (QED) is 0.761. The molecule has 0 aliphatic heterocycles. The molecule has 1 rings (SSSR count). The summed E-state index contributed by atoms with van der Waals surface area (Å²) in [6, 6.07) is 9.44. The Hall–Kier alpha value is -1.61. The highest BCUT2D eigenvalue weighted by Gasteiger charge is 2.11. The molecule has 0 aliphatic carbocycles. The van der Waals surface area contributed by atoms with Gasteiger partial charge in [0.25, 0.3) is 0 Å². The number of rotatable bonds is 4. The van der Waals surface area contributed by atoms with E-state index in [0.29, 0.717) is 0 Å². The van der Waals surface area contributed by atoms with Gasteiger partial charge < -0.3 is 9.84 Å². The van der Waals surface area contributed by atoms with Crippen molar-refractivity contribution in [1.82, 2.24) is 0 Å². The van der Waals surface area contributed by atoms with Crippen molar-refractivity contribution in [3.05, 3.63) is 42.0 Å². The molecule has 3 heteroatoms. The number of ether oxygens (including phenoxy) is 1. The zero-order valence-electron chi connectivity index (χ0n) is 8.59. The van der Waals surface area contributed by atoms with E-state index in [1.165, 1.54) is 6.08 Å². The zero-order chi connectivity index (χ0) is 11.1. The van der Waals surface area contributed by atoms with E-state index in [-0.39, 0.29) is 6.61 Å². The van der Waals surface area contributed by atoms with Gasteiger partial charge in [0.2, 0.25) is 0 Å². The van der Waals surface area contributed by atoms with Gasteiger partial charge in [-0.1, -0.05) is 36.4 Å². The van der Waals surface area contributed by atoms with Gasteiger partial charge in [-0.2, -0.15) is 0 Å². The van der Waals surface area contributed by atoms with Crippen molar-refractivity contribution >= 4 is 12.0 Å². The molecule has 3 nitrogen and oxygen atoms in total. The van der Waals surface area contributed by atoms with Crippen LogP contribution in [0.1, 0.15) is 12.5 Å². The second-order valence-corrected chi connectivity index (χ2v) is 2.97. The summed E-state index contributed by atoms with van der Waals surface area (Å²) in [5.41, 5.74) is 0.931. The molecule has 1 aromatic rings. The third-order valence-corrected chi connectivity index (χ3v) is 1.80. The fourth-order valence-corrected chi connectivity index (χ4v) is 1.07. The van der Waals surface area contributed by atoms with Crippen LogP contribution >= 0.6 is 0 Å². The molecule has 0 heterocycles. The molecule has 15 heavy (non-hydrogen) atoms. The van der Waals surface area contributed by atoms with E-state index in [2.05, 4.69) is 4.74 Å². The van der Waals surface area contributed by atoms with Gasteiger partial charge in [0.05, 0.1) is 6.61 Å². The maximum atomic E-state index is 11.0. The lowest BCUT2D eigenvalue weighted by atomic mass is 10.2. The smallest absolute Gasteiger partial charge is 0.339 e. The molecule has 0 aromatic heterocycles. The Kier molecular flexibility index (Phi) is 4.57. The summed E-state index contributed by atoms with van der Waals surface area (Å²) in [6.07, 6.45) is 1.90. The molecular formula is C12H14O3. The van der Waals surface area contributed by atoms with Crippen LogP contribution in [0.5, 0.6) is 0 Å². The van der Waals surface area contributed by atoms with Crippen LogP contribution in [0.4, 0.5) is 0 Å². The van der Waals surface area contributed by atoms with E-state index in [4.69, 9.17) is 0 Å². The molecule has 0 radical (unpaired) electrons. The first kappa shape index (κ1) is 11.5. The highest BCUT2D eigenvalue weighted by atomic mass is 16.5. The van der Waals surface area contributed by atoms with Crippen molar-refractivity contribution in [2.24, 2.45) is 0 Å². The van der Waals surface area contributed by atoms with Crippen LogP contribution in [-0.2, 0) is 9.53 Å².